The number of esters is 1. The Morgan fingerprint density at radius 3 is 2.07 bits per heavy atom. The lowest BCUT2D eigenvalue weighted by molar-refractivity contribution is -0.143. The minimum Gasteiger partial charge on any atom is -0.490 e. The van der Waals surface area contributed by atoms with E-state index in [9.17, 15) is 4.79 Å². The molecule has 1 aliphatic heterocycles. The van der Waals surface area contributed by atoms with Crippen molar-refractivity contribution in [3.8, 4) is 11.5 Å². The van der Waals surface area contributed by atoms with Crippen molar-refractivity contribution in [2.75, 3.05) is 19.8 Å². The third-order valence-corrected chi connectivity index (χ3v) is 5.29. The topological polar surface area (TPSA) is 63.2 Å². The third kappa shape index (κ3) is 5.00. The second-order valence-corrected chi connectivity index (χ2v) is 7.81. The summed E-state index contributed by atoms with van der Waals surface area (Å²) in [4.78, 5) is 12.3. The van der Waals surface area contributed by atoms with Gasteiger partial charge in [0, 0.05) is 5.82 Å². The van der Waals surface area contributed by atoms with Gasteiger partial charge in [0.25, 0.3) is 0 Å². The van der Waals surface area contributed by atoms with Crippen LogP contribution in [0.4, 0.5) is 0 Å². The molecular formula is C21H33BO6. The summed E-state index contributed by atoms with van der Waals surface area (Å²) in [5.74, 6) is 0.716. The van der Waals surface area contributed by atoms with E-state index in [0.717, 1.165) is 5.56 Å². The van der Waals surface area contributed by atoms with E-state index in [0.29, 0.717) is 31.3 Å². The second-order valence-electron chi connectivity index (χ2n) is 7.81. The van der Waals surface area contributed by atoms with Gasteiger partial charge in [-0.1, -0.05) is 6.07 Å². The van der Waals surface area contributed by atoms with Gasteiger partial charge in [0.15, 0.2) is 11.5 Å². The first-order valence-electron chi connectivity index (χ1n) is 10.1. The maximum absolute atomic E-state index is 12.3. The summed E-state index contributed by atoms with van der Waals surface area (Å²) in [5.41, 5.74) is -0.0876. The van der Waals surface area contributed by atoms with Gasteiger partial charge in [-0.3, -0.25) is 4.79 Å². The molecule has 6 nitrogen and oxygen atoms in total. The fraction of sp³-hybridized carbons (Fsp3) is 0.667. The average molecular weight is 392 g/mol. The molecule has 28 heavy (non-hydrogen) atoms. The van der Waals surface area contributed by atoms with E-state index in [-0.39, 0.29) is 18.2 Å². The summed E-state index contributed by atoms with van der Waals surface area (Å²) in [6.07, 6.45) is 0.157. The summed E-state index contributed by atoms with van der Waals surface area (Å²) in [7, 11) is -0.568. The predicted octanol–water partition coefficient (Wildman–Crippen LogP) is 4.15. The Hall–Kier alpha value is -1.73. The maximum Gasteiger partial charge on any atom is 0.466 e. The zero-order valence-corrected chi connectivity index (χ0v) is 18.2. The van der Waals surface area contributed by atoms with E-state index in [1.165, 1.54) is 0 Å². The Labute approximate surface area is 169 Å². The van der Waals surface area contributed by atoms with Gasteiger partial charge in [0.2, 0.25) is 0 Å². The van der Waals surface area contributed by atoms with Crippen LogP contribution in [0.25, 0.3) is 0 Å². The summed E-state index contributed by atoms with van der Waals surface area (Å²) in [6.45, 7) is 15.0. The molecule has 1 unspecified atom stereocenters. The van der Waals surface area contributed by atoms with Crippen LogP contribution in [0.3, 0.4) is 0 Å². The first kappa shape index (κ1) is 22.6. The Bertz CT molecular complexity index is 657. The van der Waals surface area contributed by atoms with Gasteiger partial charge >= 0.3 is 13.1 Å². The van der Waals surface area contributed by atoms with Crippen LogP contribution in [-0.2, 0) is 18.8 Å². The lowest BCUT2D eigenvalue weighted by atomic mass is 9.66. The SMILES string of the molecule is CCOC(=O)CC(B1OC(C)(C)C(C)(C)O1)c1ccc(OCC)c(OCC)c1. The van der Waals surface area contributed by atoms with Crippen molar-refractivity contribution in [1.82, 2.24) is 0 Å². The summed E-state index contributed by atoms with van der Waals surface area (Å²) in [6, 6.07) is 5.71. The molecule has 156 valence electrons. The number of carbonyl (C=O) groups is 1. The molecule has 0 radical (unpaired) electrons. The minimum atomic E-state index is -0.568. The largest absolute Gasteiger partial charge is 0.490 e. The van der Waals surface area contributed by atoms with Gasteiger partial charge < -0.3 is 23.5 Å². The predicted molar refractivity (Wildman–Crippen MR) is 109 cm³/mol. The van der Waals surface area contributed by atoms with Gasteiger partial charge in [0.05, 0.1) is 37.4 Å². The van der Waals surface area contributed by atoms with E-state index in [1.807, 2.05) is 59.7 Å². The van der Waals surface area contributed by atoms with Crippen LogP contribution < -0.4 is 9.47 Å². The first-order chi connectivity index (χ1) is 13.1. The first-order valence-corrected chi connectivity index (χ1v) is 10.1. The molecule has 1 aliphatic rings. The Balaban J connectivity index is 2.39. The highest BCUT2D eigenvalue weighted by atomic mass is 16.7. The molecule has 1 aromatic rings. The molecule has 0 spiro atoms. The number of rotatable bonds is 9. The molecular weight excluding hydrogens is 359 g/mol. The van der Waals surface area contributed by atoms with Crippen LogP contribution >= 0.6 is 0 Å². The number of benzene rings is 1. The lowest BCUT2D eigenvalue weighted by Crippen LogP contribution is -2.41. The molecule has 1 fully saturated rings. The molecule has 2 rings (SSSR count). The van der Waals surface area contributed by atoms with Crippen LogP contribution in [0, 0.1) is 0 Å². The van der Waals surface area contributed by atoms with E-state index < -0.39 is 18.3 Å². The average Bonchev–Trinajstić information content (AvgIpc) is 2.82. The quantitative estimate of drug-likeness (QED) is 0.465. The Kier molecular flexibility index (Phi) is 7.40. The molecule has 0 aliphatic carbocycles. The lowest BCUT2D eigenvalue weighted by Gasteiger charge is -2.32. The van der Waals surface area contributed by atoms with E-state index in [2.05, 4.69) is 0 Å². The van der Waals surface area contributed by atoms with Crippen LogP contribution in [-0.4, -0.2) is 44.1 Å². The fourth-order valence-corrected chi connectivity index (χ4v) is 3.12. The monoisotopic (exact) mass is 392 g/mol. The van der Waals surface area contributed by atoms with Gasteiger partial charge in [-0.15, -0.1) is 0 Å². The molecule has 1 aromatic carbocycles. The Morgan fingerprint density at radius 2 is 1.54 bits per heavy atom. The van der Waals surface area contributed by atoms with E-state index in [1.54, 1.807) is 6.92 Å². The maximum atomic E-state index is 12.3. The summed E-state index contributed by atoms with van der Waals surface area (Å²) < 4.78 is 29.1. The van der Waals surface area contributed by atoms with Crippen LogP contribution in [0.5, 0.6) is 11.5 Å². The normalized spacial score (nSPS) is 18.6. The number of ether oxygens (including phenoxy) is 3. The van der Waals surface area contributed by atoms with Gasteiger partial charge in [-0.05, 0) is 66.2 Å². The fourth-order valence-electron chi connectivity index (χ4n) is 3.12. The van der Waals surface area contributed by atoms with Crippen molar-refractivity contribution >= 4 is 13.1 Å². The molecule has 0 aromatic heterocycles. The van der Waals surface area contributed by atoms with Gasteiger partial charge in [0.1, 0.15) is 0 Å². The van der Waals surface area contributed by atoms with Crippen LogP contribution in [0.2, 0.25) is 0 Å². The van der Waals surface area contributed by atoms with Gasteiger partial charge in [-0.2, -0.15) is 0 Å². The number of hydrogen-bond donors (Lipinski definition) is 0. The summed E-state index contributed by atoms with van der Waals surface area (Å²) in [5, 5.41) is 0. The van der Waals surface area contributed by atoms with Crippen molar-refractivity contribution in [3.05, 3.63) is 23.8 Å². The minimum absolute atomic E-state index is 0.157. The zero-order chi connectivity index (χ0) is 20.9. The van der Waals surface area contributed by atoms with E-state index in [4.69, 9.17) is 23.5 Å². The number of carbonyl (C=O) groups excluding carboxylic acids is 1. The van der Waals surface area contributed by atoms with Crippen molar-refractivity contribution in [2.24, 2.45) is 0 Å². The molecule has 0 saturated carbocycles. The van der Waals surface area contributed by atoms with Crippen molar-refractivity contribution in [3.63, 3.8) is 0 Å². The standard InChI is InChI=1S/C21H33BO6/c1-8-24-17-12-11-15(13-18(17)25-9-2)16(14-19(23)26-10-3)22-27-20(4,5)21(6,7)28-22/h11-13,16H,8-10,14H2,1-7H3. The highest BCUT2D eigenvalue weighted by Crippen LogP contribution is 2.43. The smallest absolute Gasteiger partial charge is 0.466 e. The molecule has 0 amide bonds. The van der Waals surface area contributed by atoms with Crippen LogP contribution in [0.15, 0.2) is 18.2 Å². The molecule has 1 atom stereocenters. The van der Waals surface area contributed by atoms with Gasteiger partial charge in [-0.25, -0.2) is 0 Å². The molecule has 0 bridgehead atoms. The van der Waals surface area contributed by atoms with Crippen molar-refractivity contribution < 1.29 is 28.3 Å². The molecule has 1 heterocycles. The van der Waals surface area contributed by atoms with Crippen molar-refractivity contribution in [1.29, 1.82) is 0 Å². The molecule has 0 N–H and O–H groups in total. The van der Waals surface area contributed by atoms with Crippen molar-refractivity contribution in [2.45, 2.75) is 71.9 Å². The summed E-state index contributed by atoms with van der Waals surface area (Å²) >= 11 is 0. The second kappa shape index (κ2) is 9.18. The molecule has 1 saturated heterocycles. The highest BCUT2D eigenvalue weighted by molar-refractivity contribution is 6.48. The Morgan fingerprint density at radius 1 is 0.964 bits per heavy atom. The zero-order valence-electron chi connectivity index (χ0n) is 18.2. The third-order valence-electron chi connectivity index (χ3n) is 5.29. The number of hydrogen-bond acceptors (Lipinski definition) is 6. The molecule has 7 heteroatoms. The van der Waals surface area contributed by atoms with Crippen LogP contribution in [0.1, 0.15) is 66.3 Å². The van der Waals surface area contributed by atoms with E-state index >= 15 is 0 Å². The highest BCUT2D eigenvalue weighted by Gasteiger charge is 2.54.